The van der Waals surface area contributed by atoms with Gasteiger partial charge in [0.05, 0.1) is 19.8 Å². The second kappa shape index (κ2) is 12.1. The van der Waals surface area contributed by atoms with Gasteiger partial charge in [-0.2, -0.15) is 0 Å². The lowest BCUT2D eigenvalue weighted by atomic mass is 9.94. The Labute approximate surface area is 227 Å². The quantitative estimate of drug-likeness (QED) is 0.324. The van der Waals surface area contributed by atoms with E-state index in [1.54, 1.807) is 0 Å². The molecule has 0 N–H and O–H groups in total. The van der Waals surface area contributed by atoms with Crippen molar-refractivity contribution in [3.63, 3.8) is 0 Å². The number of unbranched alkanes of at least 4 members (excludes halogenated alkanes) is 3. The van der Waals surface area contributed by atoms with Gasteiger partial charge >= 0.3 is 0 Å². The summed E-state index contributed by atoms with van der Waals surface area (Å²) in [5, 5.41) is 0. The summed E-state index contributed by atoms with van der Waals surface area (Å²) >= 11 is 0. The number of rotatable bonds is 10. The average molecular weight is 531 g/mol. The van der Waals surface area contributed by atoms with Crippen LogP contribution in [0.2, 0.25) is 0 Å². The molecule has 1 aromatic rings. The van der Waals surface area contributed by atoms with E-state index >= 15 is 0 Å². The van der Waals surface area contributed by atoms with Crippen molar-refractivity contribution in [1.82, 2.24) is 0 Å². The molecule has 2 spiro atoms. The SMILES string of the molecule is CCCCCCOc1ccc(CO[C@H]2[C@H]3OC4(CCCCC4)O[C@@H]3O[C@@H]2[C@H]2COC3(CCCCC3)O2)cc1. The summed E-state index contributed by atoms with van der Waals surface area (Å²) in [4.78, 5) is 0. The highest BCUT2D eigenvalue weighted by Gasteiger charge is 2.61. The van der Waals surface area contributed by atoms with Gasteiger partial charge in [-0.15, -0.1) is 0 Å². The van der Waals surface area contributed by atoms with Crippen LogP contribution in [0.15, 0.2) is 24.3 Å². The van der Waals surface area contributed by atoms with Gasteiger partial charge in [-0.05, 0) is 49.8 Å². The predicted octanol–water partition coefficient (Wildman–Crippen LogP) is 6.41. The Morgan fingerprint density at radius 2 is 1.53 bits per heavy atom. The summed E-state index contributed by atoms with van der Waals surface area (Å²) < 4.78 is 45.0. The molecule has 0 radical (unpaired) electrons. The fourth-order valence-electron chi connectivity index (χ4n) is 6.86. The Morgan fingerprint density at radius 3 is 2.26 bits per heavy atom. The molecule has 0 unspecified atom stereocenters. The second-order valence-corrected chi connectivity index (χ2v) is 11.9. The molecule has 5 atom stereocenters. The van der Waals surface area contributed by atoms with E-state index in [-0.39, 0.29) is 24.4 Å². The van der Waals surface area contributed by atoms with Crippen molar-refractivity contribution < 1.29 is 33.2 Å². The van der Waals surface area contributed by atoms with E-state index in [0.29, 0.717) is 13.2 Å². The van der Waals surface area contributed by atoms with Gasteiger partial charge in [0.15, 0.2) is 17.9 Å². The molecule has 2 saturated carbocycles. The highest BCUT2D eigenvalue weighted by Crippen LogP contribution is 2.48. The molecule has 7 nitrogen and oxygen atoms in total. The van der Waals surface area contributed by atoms with Crippen molar-refractivity contribution in [3.05, 3.63) is 29.8 Å². The van der Waals surface area contributed by atoms with Gasteiger partial charge < -0.3 is 33.2 Å². The monoisotopic (exact) mass is 530 g/mol. The molecule has 212 valence electrons. The maximum atomic E-state index is 6.64. The molecule has 6 rings (SSSR count). The van der Waals surface area contributed by atoms with E-state index in [4.69, 9.17) is 33.2 Å². The van der Waals surface area contributed by atoms with E-state index < -0.39 is 17.9 Å². The van der Waals surface area contributed by atoms with Crippen LogP contribution in [0.3, 0.4) is 0 Å². The summed E-state index contributed by atoms with van der Waals surface area (Å²) in [7, 11) is 0. The Kier molecular flexibility index (Phi) is 8.60. The van der Waals surface area contributed by atoms with Crippen LogP contribution >= 0.6 is 0 Å². The molecule has 3 aliphatic heterocycles. The van der Waals surface area contributed by atoms with E-state index in [1.807, 2.05) is 12.1 Å². The van der Waals surface area contributed by atoms with Gasteiger partial charge in [0.25, 0.3) is 0 Å². The van der Waals surface area contributed by atoms with Crippen LogP contribution < -0.4 is 4.74 Å². The van der Waals surface area contributed by atoms with Crippen LogP contribution in [0.1, 0.15) is 102 Å². The normalized spacial score (nSPS) is 33.7. The standard InChI is InChI=1S/C31H46O7/c1-2-3-4-11-20-32-24-14-12-23(13-15-24)21-33-27-26(25-22-34-30(36-25)16-7-5-8-17-30)35-29-28(27)37-31(38-29)18-9-6-10-19-31/h12-15,25-29H,2-11,16-22H2,1H3/t25-,26-,27-,28-,29+/m1/s1. The third-order valence-electron chi connectivity index (χ3n) is 9.00. The van der Waals surface area contributed by atoms with Crippen LogP contribution in [-0.4, -0.2) is 55.5 Å². The molecule has 0 amide bonds. The molecule has 5 aliphatic rings. The Hall–Kier alpha value is -1.22. The molecule has 3 saturated heterocycles. The van der Waals surface area contributed by atoms with Crippen molar-refractivity contribution in [3.8, 4) is 5.75 Å². The summed E-state index contributed by atoms with van der Waals surface area (Å²) in [6.45, 7) is 3.99. The molecule has 7 heteroatoms. The summed E-state index contributed by atoms with van der Waals surface area (Å²) in [6.07, 6.45) is 14.2. The van der Waals surface area contributed by atoms with Crippen LogP contribution in [0.4, 0.5) is 0 Å². The summed E-state index contributed by atoms with van der Waals surface area (Å²) in [5.74, 6) is -0.0605. The van der Waals surface area contributed by atoms with E-state index in [2.05, 4.69) is 19.1 Å². The van der Waals surface area contributed by atoms with E-state index in [0.717, 1.165) is 75.7 Å². The zero-order valence-corrected chi connectivity index (χ0v) is 23.1. The van der Waals surface area contributed by atoms with Crippen LogP contribution in [0.25, 0.3) is 0 Å². The first kappa shape index (κ1) is 27.0. The fraction of sp³-hybridized carbons (Fsp3) is 0.806. The smallest absolute Gasteiger partial charge is 0.190 e. The zero-order chi connectivity index (χ0) is 25.8. The molecule has 0 aromatic heterocycles. The summed E-state index contributed by atoms with van der Waals surface area (Å²) in [5.41, 5.74) is 1.10. The Balaban J connectivity index is 1.09. The maximum Gasteiger partial charge on any atom is 0.190 e. The summed E-state index contributed by atoms with van der Waals surface area (Å²) in [6, 6.07) is 8.25. The van der Waals surface area contributed by atoms with E-state index in [9.17, 15) is 0 Å². The highest BCUT2D eigenvalue weighted by atomic mass is 16.9. The first-order chi connectivity index (χ1) is 18.7. The first-order valence-electron chi connectivity index (χ1n) is 15.3. The number of ether oxygens (including phenoxy) is 7. The number of hydrogen-bond acceptors (Lipinski definition) is 7. The Morgan fingerprint density at radius 1 is 0.789 bits per heavy atom. The molecular formula is C31H46O7. The van der Waals surface area contributed by atoms with Gasteiger partial charge in [0.2, 0.25) is 0 Å². The average Bonchev–Trinajstić information content (AvgIpc) is 3.60. The molecular weight excluding hydrogens is 484 g/mol. The minimum absolute atomic E-state index is 0.179. The van der Waals surface area contributed by atoms with Crippen LogP contribution in [0, 0.1) is 0 Å². The lowest BCUT2D eigenvalue weighted by Crippen LogP contribution is -2.45. The van der Waals surface area contributed by atoms with Crippen molar-refractivity contribution >= 4 is 0 Å². The van der Waals surface area contributed by atoms with Gasteiger partial charge in [0, 0.05) is 25.7 Å². The topological polar surface area (TPSA) is 64.6 Å². The zero-order valence-electron chi connectivity index (χ0n) is 23.1. The lowest BCUT2D eigenvalue weighted by molar-refractivity contribution is -0.263. The van der Waals surface area contributed by atoms with Gasteiger partial charge in [0.1, 0.15) is 30.2 Å². The number of hydrogen-bond donors (Lipinski definition) is 0. The lowest BCUT2D eigenvalue weighted by Gasteiger charge is -2.35. The molecule has 2 aliphatic carbocycles. The van der Waals surface area contributed by atoms with E-state index in [1.165, 1.54) is 32.1 Å². The maximum absolute atomic E-state index is 6.64. The number of benzene rings is 1. The number of fused-ring (bicyclic) bond motifs is 1. The molecule has 38 heavy (non-hydrogen) atoms. The third-order valence-corrected chi connectivity index (χ3v) is 9.00. The third kappa shape index (κ3) is 5.93. The van der Waals surface area contributed by atoms with Gasteiger partial charge in [-0.25, -0.2) is 0 Å². The molecule has 3 heterocycles. The van der Waals surface area contributed by atoms with Crippen molar-refractivity contribution in [2.45, 2.75) is 146 Å². The fourth-order valence-corrected chi connectivity index (χ4v) is 6.86. The van der Waals surface area contributed by atoms with Gasteiger partial charge in [-0.3, -0.25) is 0 Å². The van der Waals surface area contributed by atoms with Crippen molar-refractivity contribution in [1.29, 1.82) is 0 Å². The van der Waals surface area contributed by atoms with Crippen molar-refractivity contribution in [2.24, 2.45) is 0 Å². The largest absolute Gasteiger partial charge is 0.494 e. The van der Waals surface area contributed by atoms with Crippen LogP contribution in [-0.2, 0) is 35.0 Å². The Bertz CT molecular complexity index is 877. The van der Waals surface area contributed by atoms with Gasteiger partial charge in [-0.1, -0.05) is 51.2 Å². The van der Waals surface area contributed by atoms with Crippen LogP contribution in [0.5, 0.6) is 5.75 Å². The first-order valence-corrected chi connectivity index (χ1v) is 15.3. The predicted molar refractivity (Wildman–Crippen MR) is 142 cm³/mol. The minimum atomic E-state index is -0.520. The molecule has 0 bridgehead atoms. The van der Waals surface area contributed by atoms with Crippen molar-refractivity contribution in [2.75, 3.05) is 13.2 Å². The molecule has 1 aromatic carbocycles. The highest BCUT2D eigenvalue weighted by molar-refractivity contribution is 5.27. The minimum Gasteiger partial charge on any atom is -0.494 e. The molecule has 5 fully saturated rings. The second-order valence-electron chi connectivity index (χ2n) is 11.9.